The lowest BCUT2D eigenvalue weighted by Crippen LogP contribution is -3.00. The van der Waals surface area contributed by atoms with Crippen molar-refractivity contribution in [1.29, 1.82) is 0 Å². The van der Waals surface area contributed by atoms with Crippen LogP contribution in [0.2, 0.25) is 0 Å². The van der Waals surface area contributed by atoms with Crippen LogP contribution in [0.15, 0.2) is 35.2 Å². The predicted octanol–water partition coefficient (Wildman–Crippen LogP) is -0.0915. The third-order valence-electron chi connectivity index (χ3n) is 3.29. The molecule has 1 heterocycles. The first-order valence-electron chi connectivity index (χ1n) is 7.37. The molecule has 120 valence electrons. The van der Waals surface area contributed by atoms with E-state index in [9.17, 15) is 0 Å². The molecule has 3 nitrogen and oxygen atoms in total. The summed E-state index contributed by atoms with van der Waals surface area (Å²) >= 11 is 1.85. The van der Waals surface area contributed by atoms with Crippen LogP contribution < -0.4 is 12.4 Å². The van der Waals surface area contributed by atoms with Crippen molar-refractivity contribution in [3.63, 3.8) is 0 Å². The molecule has 0 radical (unpaired) electrons. The number of ether oxygens (including phenoxy) is 2. The molecule has 0 amide bonds. The van der Waals surface area contributed by atoms with E-state index in [0.29, 0.717) is 12.2 Å². The van der Waals surface area contributed by atoms with Gasteiger partial charge in [0.1, 0.15) is 0 Å². The van der Waals surface area contributed by atoms with Gasteiger partial charge in [-0.25, -0.2) is 0 Å². The van der Waals surface area contributed by atoms with Crippen LogP contribution in [0.25, 0.3) is 0 Å². The van der Waals surface area contributed by atoms with Crippen LogP contribution in [0.4, 0.5) is 0 Å². The van der Waals surface area contributed by atoms with Gasteiger partial charge in [-0.05, 0) is 26.0 Å². The van der Waals surface area contributed by atoms with Gasteiger partial charge in [-0.2, -0.15) is 0 Å². The molecule has 0 spiro atoms. The quantitative estimate of drug-likeness (QED) is 0.514. The highest BCUT2D eigenvalue weighted by molar-refractivity contribution is 7.99. The van der Waals surface area contributed by atoms with Crippen LogP contribution in [0.3, 0.4) is 0 Å². The summed E-state index contributed by atoms with van der Waals surface area (Å²) in [5.74, 6) is 1.01. The summed E-state index contributed by atoms with van der Waals surface area (Å²) < 4.78 is 11.4. The Morgan fingerprint density at radius 2 is 1.81 bits per heavy atom. The molecule has 2 rings (SSSR count). The topological polar surface area (TPSA) is 21.7 Å². The largest absolute Gasteiger partial charge is 1.00 e. The average Bonchev–Trinajstić information content (AvgIpc) is 2.43. The Hall–Kier alpha value is -0.260. The third kappa shape index (κ3) is 7.52. The highest BCUT2D eigenvalue weighted by Crippen LogP contribution is 2.16. The molecule has 5 heteroatoms. The van der Waals surface area contributed by atoms with Gasteiger partial charge in [-0.1, -0.05) is 18.2 Å². The van der Waals surface area contributed by atoms with Gasteiger partial charge >= 0.3 is 0 Å². The van der Waals surface area contributed by atoms with E-state index in [1.165, 1.54) is 4.90 Å². The Bertz CT molecular complexity index is 370. The zero-order valence-corrected chi connectivity index (χ0v) is 14.4. The zero-order chi connectivity index (χ0) is 14.2. The molecule has 0 N–H and O–H groups in total. The van der Waals surface area contributed by atoms with Crippen LogP contribution in [0.1, 0.15) is 13.8 Å². The summed E-state index contributed by atoms with van der Waals surface area (Å²) in [6.07, 6.45) is 0.680. The van der Waals surface area contributed by atoms with Crippen molar-refractivity contribution >= 4 is 11.8 Å². The SMILES string of the molecule is CC1CN(CCOCCSc2ccccc2)CC(C)O1.[Cl-]. The standard InChI is InChI=1S/C16H25NO2S.ClH/c1-14-12-17(13-15(2)19-14)8-9-18-10-11-20-16-6-4-3-5-7-16;/h3-7,14-15H,8-13H2,1-2H3;1H/p-1. The summed E-state index contributed by atoms with van der Waals surface area (Å²) in [5.41, 5.74) is 0. The minimum absolute atomic E-state index is 0. The number of hydrogen-bond donors (Lipinski definition) is 0. The van der Waals surface area contributed by atoms with Gasteiger partial charge in [0.15, 0.2) is 0 Å². The van der Waals surface area contributed by atoms with Crippen molar-refractivity contribution in [3.05, 3.63) is 30.3 Å². The Labute approximate surface area is 138 Å². The second-order valence-corrected chi connectivity index (χ2v) is 6.46. The molecule has 1 aliphatic heterocycles. The Morgan fingerprint density at radius 3 is 2.48 bits per heavy atom. The zero-order valence-electron chi connectivity index (χ0n) is 12.8. The minimum Gasteiger partial charge on any atom is -1.00 e. The van der Waals surface area contributed by atoms with Crippen molar-refractivity contribution in [2.75, 3.05) is 38.6 Å². The van der Waals surface area contributed by atoms with Crippen LogP contribution in [-0.2, 0) is 9.47 Å². The van der Waals surface area contributed by atoms with Gasteiger partial charge in [0.25, 0.3) is 0 Å². The first-order valence-corrected chi connectivity index (χ1v) is 8.36. The summed E-state index contributed by atoms with van der Waals surface area (Å²) in [4.78, 5) is 3.75. The van der Waals surface area contributed by atoms with Crippen LogP contribution in [-0.4, -0.2) is 55.7 Å². The summed E-state index contributed by atoms with van der Waals surface area (Å²) in [6.45, 7) is 8.96. The summed E-state index contributed by atoms with van der Waals surface area (Å²) in [6, 6.07) is 10.5. The van der Waals surface area contributed by atoms with Gasteiger partial charge < -0.3 is 21.9 Å². The molecule has 1 aliphatic rings. The van der Waals surface area contributed by atoms with E-state index in [4.69, 9.17) is 9.47 Å². The fraction of sp³-hybridized carbons (Fsp3) is 0.625. The lowest BCUT2D eigenvalue weighted by Gasteiger charge is -2.35. The number of halogens is 1. The number of thioether (sulfide) groups is 1. The average molecular weight is 331 g/mol. The van der Waals surface area contributed by atoms with E-state index < -0.39 is 0 Å². The van der Waals surface area contributed by atoms with Crippen molar-refractivity contribution in [3.8, 4) is 0 Å². The Balaban J connectivity index is 0.00000220. The molecule has 0 aromatic heterocycles. The van der Waals surface area contributed by atoms with Gasteiger partial charge in [0, 0.05) is 30.3 Å². The molecule has 1 aromatic rings. The maximum atomic E-state index is 5.73. The number of nitrogens with zero attached hydrogens (tertiary/aromatic N) is 1. The molecule has 1 aromatic carbocycles. The smallest absolute Gasteiger partial charge is 0.0678 e. The monoisotopic (exact) mass is 330 g/mol. The lowest BCUT2D eigenvalue weighted by molar-refractivity contribution is -0.0726. The van der Waals surface area contributed by atoms with E-state index >= 15 is 0 Å². The fourth-order valence-electron chi connectivity index (χ4n) is 2.50. The van der Waals surface area contributed by atoms with Crippen molar-refractivity contribution < 1.29 is 21.9 Å². The van der Waals surface area contributed by atoms with E-state index in [1.54, 1.807) is 0 Å². The molecule has 0 saturated carbocycles. The fourth-order valence-corrected chi connectivity index (χ4v) is 3.28. The van der Waals surface area contributed by atoms with Gasteiger partial charge in [0.2, 0.25) is 0 Å². The third-order valence-corrected chi connectivity index (χ3v) is 4.26. The van der Waals surface area contributed by atoms with Gasteiger partial charge in [-0.15, -0.1) is 11.8 Å². The molecule has 21 heavy (non-hydrogen) atoms. The predicted molar refractivity (Wildman–Crippen MR) is 84.4 cm³/mol. The molecule has 2 unspecified atom stereocenters. The van der Waals surface area contributed by atoms with Gasteiger partial charge in [-0.3, -0.25) is 4.90 Å². The molecule has 1 saturated heterocycles. The second kappa shape index (κ2) is 10.5. The lowest BCUT2D eigenvalue weighted by atomic mass is 10.2. The van der Waals surface area contributed by atoms with Crippen molar-refractivity contribution in [2.24, 2.45) is 0 Å². The number of benzene rings is 1. The minimum atomic E-state index is 0. The highest BCUT2D eigenvalue weighted by Gasteiger charge is 2.21. The van der Waals surface area contributed by atoms with Crippen LogP contribution in [0, 0.1) is 0 Å². The van der Waals surface area contributed by atoms with Crippen LogP contribution in [0.5, 0.6) is 0 Å². The van der Waals surface area contributed by atoms with Crippen molar-refractivity contribution in [1.82, 2.24) is 4.90 Å². The molecular weight excluding hydrogens is 306 g/mol. The summed E-state index contributed by atoms with van der Waals surface area (Å²) in [7, 11) is 0. The normalized spacial score (nSPS) is 22.8. The number of rotatable bonds is 7. The molecule has 0 aliphatic carbocycles. The van der Waals surface area contributed by atoms with E-state index in [-0.39, 0.29) is 12.4 Å². The molecular formula is C16H25ClNO2S-. The maximum absolute atomic E-state index is 5.73. The maximum Gasteiger partial charge on any atom is 0.0678 e. The van der Waals surface area contributed by atoms with Crippen LogP contribution >= 0.6 is 11.8 Å². The Kier molecular flexibility index (Phi) is 9.36. The first kappa shape index (κ1) is 18.8. The summed E-state index contributed by atoms with van der Waals surface area (Å²) in [5, 5.41) is 0. The highest BCUT2D eigenvalue weighted by atomic mass is 35.5. The molecule has 0 bridgehead atoms. The number of morpholine rings is 1. The number of hydrogen-bond acceptors (Lipinski definition) is 4. The van der Waals surface area contributed by atoms with Gasteiger partial charge in [0.05, 0.1) is 25.4 Å². The molecule has 2 atom stereocenters. The van der Waals surface area contributed by atoms with E-state index in [0.717, 1.165) is 38.6 Å². The Morgan fingerprint density at radius 1 is 1.14 bits per heavy atom. The molecule has 1 fully saturated rings. The van der Waals surface area contributed by atoms with E-state index in [1.807, 2.05) is 17.8 Å². The first-order chi connectivity index (χ1) is 9.74. The van der Waals surface area contributed by atoms with E-state index in [2.05, 4.69) is 43.0 Å². The second-order valence-electron chi connectivity index (χ2n) is 5.29. The van der Waals surface area contributed by atoms with Crippen molar-refractivity contribution in [2.45, 2.75) is 31.0 Å².